The third-order valence-electron chi connectivity index (χ3n) is 8.29. The molecule has 1 aliphatic heterocycles. The van der Waals surface area contributed by atoms with Gasteiger partial charge in [-0.05, 0) is 127 Å². The molecule has 0 spiro atoms. The Morgan fingerprint density at radius 2 is 1.34 bits per heavy atom. The number of hydrogen-bond acceptors (Lipinski definition) is 11. The lowest BCUT2D eigenvalue weighted by Crippen LogP contribution is -2.44. The largest absolute Gasteiger partial charge is 0.399 e. The van der Waals surface area contributed by atoms with Crippen molar-refractivity contribution in [2.75, 3.05) is 42.0 Å². The van der Waals surface area contributed by atoms with Gasteiger partial charge >= 0.3 is 0 Å². The molecule has 21 heteroatoms. The number of nitrogens with zero attached hydrogens (tertiary/aromatic N) is 6. The molecule has 4 aromatic rings. The zero-order valence-electron chi connectivity index (χ0n) is 50.2. The zero-order valence-corrected chi connectivity index (χ0v) is 40.0. The maximum absolute atomic E-state index is 14.8. The first-order valence-corrected chi connectivity index (χ1v) is 23.3. The van der Waals surface area contributed by atoms with E-state index in [1.807, 2.05) is 25.7 Å². The number of nitriles is 2. The van der Waals surface area contributed by atoms with Crippen molar-refractivity contribution < 1.29 is 53.6 Å². The van der Waals surface area contributed by atoms with Gasteiger partial charge in [-0.2, -0.15) is 5.26 Å². The second-order valence-electron chi connectivity index (χ2n) is 15.3. The highest BCUT2D eigenvalue weighted by Crippen LogP contribution is 2.37. The van der Waals surface area contributed by atoms with Gasteiger partial charge in [0.2, 0.25) is 0 Å². The van der Waals surface area contributed by atoms with Crippen molar-refractivity contribution in [1.29, 1.82) is 10.5 Å². The molecule has 0 unspecified atom stereocenters. The molecule has 6 N–H and O–H groups in total. The Hall–Kier alpha value is -7.67. The Bertz CT molecular complexity index is 3090. The number of carbonyl (C=O) groups is 5. The molecular formula is C47H56F3N11O5SSi. The van der Waals surface area contributed by atoms with Crippen molar-refractivity contribution in [1.82, 2.24) is 20.9 Å². The summed E-state index contributed by atoms with van der Waals surface area (Å²) in [6.07, 6.45) is 1.09. The summed E-state index contributed by atoms with van der Waals surface area (Å²) in [5, 5.41) is 26.3. The molecule has 1 aliphatic rings. The summed E-state index contributed by atoms with van der Waals surface area (Å²) in [6.45, 7) is 5.12. The number of hydrogen-bond donors (Lipinski definition) is 5. The molecule has 16 nitrogen and oxygen atoms in total. The van der Waals surface area contributed by atoms with Gasteiger partial charge in [-0.15, -0.1) is 4.98 Å². The molecule has 5 rings (SSSR count). The number of carbonyl (C=O) groups excluding carboxylic acids is 5. The maximum atomic E-state index is 14.8. The normalized spacial score (nSPS) is 15.5. The van der Waals surface area contributed by atoms with E-state index in [0.29, 0.717) is 26.7 Å². The number of halogens is 3. The third-order valence-corrected chi connectivity index (χ3v) is 9.33. The van der Waals surface area contributed by atoms with Gasteiger partial charge in [-0.25, -0.2) is 18.4 Å². The molecule has 0 bridgehead atoms. The van der Waals surface area contributed by atoms with Gasteiger partial charge in [-0.3, -0.25) is 24.1 Å². The number of nitrogens with one attached hydrogen (secondary N) is 4. The van der Waals surface area contributed by atoms with E-state index < -0.39 is 98.5 Å². The topological polar surface area (TPSA) is 231 Å². The van der Waals surface area contributed by atoms with Crippen LogP contribution < -0.4 is 36.8 Å². The van der Waals surface area contributed by atoms with E-state index in [9.17, 15) is 37.1 Å². The fourth-order valence-corrected chi connectivity index (χ4v) is 5.45. The fourth-order valence-electron chi connectivity index (χ4n) is 5.02. The summed E-state index contributed by atoms with van der Waals surface area (Å²) < 4.78 is 128. The first-order valence-electron chi connectivity index (χ1n) is 25.4. The quantitative estimate of drug-likeness (QED) is 0.0513. The summed E-state index contributed by atoms with van der Waals surface area (Å²) in [6, 6.07) is 14.3. The summed E-state index contributed by atoms with van der Waals surface area (Å²) in [4.78, 5) is 66.6. The molecule has 1 saturated heterocycles. The van der Waals surface area contributed by atoms with Crippen LogP contribution in [0.15, 0.2) is 66.9 Å². The van der Waals surface area contributed by atoms with Crippen LogP contribution in [-0.2, 0) is 9.59 Å². The van der Waals surface area contributed by atoms with Crippen LogP contribution in [0.25, 0.3) is 4.85 Å². The molecule has 1 aromatic heterocycles. The second kappa shape index (κ2) is 25.3. The highest BCUT2D eigenvalue weighted by atomic mass is 32.1. The lowest BCUT2D eigenvalue weighted by atomic mass is 10.0. The first-order chi connectivity index (χ1) is 36.4. The summed E-state index contributed by atoms with van der Waals surface area (Å²) >= 11 is 5.39. The van der Waals surface area contributed by atoms with E-state index in [4.69, 9.17) is 51.5 Å². The minimum atomic E-state index is -3.47. The van der Waals surface area contributed by atoms with E-state index in [2.05, 4.69) is 36.8 Å². The van der Waals surface area contributed by atoms with Gasteiger partial charge in [0.25, 0.3) is 29.4 Å². The minimum Gasteiger partial charge on any atom is -0.399 e. The van der Waals surface area contributed by atoms with Crippen molar-refractivity contribution in [3.63, 3.8) is 0 Å². The van der Waals surface area contributed by atoms with Crippen LogP contribution in [0.5, 0.6) is 0 Å². The Kier molecular flexibility index (Phi) is 15.1. The highest BCUT2D eigenvalue weighted by molar-refractivity contribution is 7.81. The summed E-state index contributed by atoms with van der Waals surface area (Å²) in [5.41, 5.74) is 3.82. The van der Waals surface area contributed by atoms with Gasteiger partial charge in [0, 0.05) is 60.3 Å². The smallest absolute Gasteiger partial charge is 0.272 e. The molecule has 0 aliphatic carbocycles. The Morgan fingerprint density at radius 1 is 0.853 bits per heavy atom. The van der Waals surface area contributed by atoms with Crippen LogP contribution in [0.1, 0.15) is 94.3 Å². The van der Waals surface area contributed by atoms with Gasteiger partial charge < -0.3 is 41.5 Å². The van der Waals surface area contributed by atoms with E-state index in [1.165, 1.54) is 58.4 Å². The predicted octanol–water partition coefficient (Wildman–Crippen LogP) is 8.01. The fraction of sp³-hybridized carbons (Fsp3) is 0.319. The Balaban J connectivity index is 0.000000586. The second-order valence-corrected chi connectivity index (χ2v) is 20.4. The number of thiocarbonyl (C=S) groups is 1. The molecule has 68 heavy (non-hydrogen) atoms. The SMILES string of the molecule is CNC(=O)c1ccc(N)cc1F.CNC(=O)c1ccc(NC(C)(C)C#N)cc1F.C[Si](C)(C)C#N.[2H]C([2H])([2H])C(=O)C([2H])([2H])[2H].[2H]C([2H])([2H])C1(C([2H])([2H])[2H])C(=O)N(c2cnc([N+]#[C-])c(C)c2)C(=S)N1c1ccc(C(=O)NC)c(F)c1. The number of ketones is 1. The molecule has 0 saturated carbocycles. The van der Waals surface area contributed by atoms with Crippen LogP contribution in [0, 0.1) is 53.2 Å². The van der Waals surface area contributed by atoms with Gasteiger partial charge in [0.15, 0.2) is 13.2 Å². The van der Waals surface area contributed by atoms with Crippen molar-refractivity contribution in [2.24, 2.45) is 0 Å². The van der Waals surface area contributed by atoms with E-state index in [-0.39, 0.29) is 33.9 Å². The summed E-state index contributed by atoms with van der Waals surface area (Å²) in [7, 11) is 2.84. The van der Waals surface area contributed by atoms with Crippen LogP contribution in [-0.4, -0.2) is 79.8 Å². The van der Waals surface area contributed by atoms with E-state index in [1.54, 1.807) is 19.9 Å². The van der Waals surface area contributed by atoms with Gasteiger partial charge in [-0.1, -0.05) is 26.2 Å². The highest BCUT2D eigenvalue weighted by Gasteiger charge is 2.50. The van der Waals surface area contributed by atoms with Gasteiger partial charge in [0.05, 0.1) is 28.4 Å². The van der Waals surface area contributed by atoms with Crippen LogP contribution >= 0.6 is 12.2 Å². The van der Waals surface area contributed by atoms with Crippen molar-refractivity contribution in [3.05, 3.63) is 118 Å². The molecule has 360 valence electrons. The number of benzene rings is 3. The monoisotopic (exact) mass is 983 g/mol. The maximum Gasteiger partial charge on any atom is 0.272 e. The number of aromatic nitrogens is 1. The minimum absolute atomic E-state index is 0.00620. The number of aryl methyl sites for hydroxylation is 1. The number of Topliss-reactive ketones (excluding diaryl/α,β-unsaturated/α-hetero) is 1. The Labute approximate surface area is 418 Å². The van der Waals surface area contributed by atoms with Gasteiger partial charge in [0.1, 0.15) is 40.5 Å². The molecule has 1 fully saturated rings. The van der Waals surface area contributed by atoms with Crippen molar-refractivity contribution in [3.8, 4) is 11.8 Å². The number of rotatable bonds is 7. The lowest BCUT2D eigenvalue weighted by Gasteiger charge is -2.29. The molecule has 0 atom stereocenters. The predicted molar refractivity (Wildman–Crippen MR) is 264 cm³/mol. The standard InChI is InChI=1S/C20H18FN5O2S.C12H14FN3O.C8H9FN2O.C4H9NSi.C3H6O/c1-11-8-13(10-24-16(11)22-4)25-18(28)20(2,3)26(19(25)29)12-6-7-14(15(21)9-12)17(27)23-5;1-12(2,7-14)16-8-4-5-9(10(13)6-8)11(17)15-3;1-11-8(12)6-3-2-5(10)4-7(6)9;1-6(2,3)4-5;1-3(2)4/h6-10H,1-3,5H3,(H,23,27);4-6,16H,1-3H3,(H,15,17);2-4H,10H2,1H3,(H,11,12);1-3H3;1-2H3/i2D3,3D3;;;;1D3,2D3. The number of nitrogens with two attached hydrogens (primary N) is 1. The number of nitrogen functional groups attached to an aromatic ring is 1. The molecule has 3 aromatic carbocycles. The molecule has 0 radical (unpaired) electrons. The average Bonchev–Trinajstić information content (AvgIpc) is 3.59. The van der Waals surface area contributed by atoms with E-state index >= 15 is 0 Å². The van der Waals surface area contributed by atoms with Crippen LogP contribution in [0.4, 0.5) is 41.7 Å². The lowest BCUT2D eigenvalue weighted by molar-refractivity contribution is -0.120. The molecular weight excluding hydrogens is 916 g/mol. The number of anilines is 4. The number of amides is 4. The van der Waals surface area contributed by atoms with Crippen LogP contribution in [0.2, 0.25) is 19.6 Å². The van der Waals surface area contributed by atoms with Crippen molar-refractivity contribution in [2.45, 2.75) is 78.9 Å². The zero-order chi connectivity index (χ0) is 62.5. The van der Waals surface area contributed by atoms with Crippen LogP contribution in [0.3, 0.4) is 0 Å². The van der Waals surface area contributed by atoms with E-state index in [0.717, 1.165) is 30.5 Å². The molecule has 4 amide bonds. The number of pyridine rings is 1. The third kappa shape index (κ3) is 16.6. The average molecular weight is 984 g/mol. The summed E-state index contributed by atoms with van der Waals surface area (Å²) in [5.74, 6) is -7.06. The Morgan fingerprint density at radius 3 is 1.72 bits per heavy atom. The van der Waals surface area contributed by atoms with Crippen molar-refractivity contribution >= 4 is 83.4 Å². The molecule has 2 heterocycles. The first kappa shape index (κ1) is 40.6.